The van der Waals surface area contributed by atoms with Crippen molar-refractivity contribution < 1.29 is 9.59 Å². The van der Waals surface area contributed by atoms with E-state index in [2.05, 4.69) is 20.8 Å². The Balaban J connectivity index is 1.74. The molecular formula is C20H20ClN5O2S. The van der Waals surface area contributed by atoms with Crippen molar-refractivity contribution >= 4 is 40.0 Å². The predicted octanol–water partition coefficient (Wildman–Crippen LogP) is 3.68. The van der Waals surface area contributed by atoms with Crippen molar-refractivity contribution in [2.45, 2.75) is 12.5 Å². The molecule has 1 aromatic heterocycles. The minimum absolute atomic E-state index is 0.349. The summed E-state index contributed by atoms with van der Waals surface area (Å²) in [5.41, 5.74) is 1.75. The molecule has 0 aliphatic heterocycles. The van der Waals surface area contributed by atoms with Crippen LogP contribution in [0.5, 0.6) is 0 Å². The maximum atomic E-state index is 12.8. The number of urea groups is 1. The van der Waals surface area contributed by atoms with Crippen molar-refractivity contribution in [3.63, 3.8) is 0 Å². The average Bonchev–Trinajstić information content (AvgIpc) is 3.16. The first kappa shape index (κ1) is 20.8. The van der Waals surface area contributed by atoms with E-state index in [1.807, 2.05) is 42.5 Å². The zero-order valence-corrected chi connectivity index (χ0v) is 17.5. The average molecular weight is 430 g/mol. The standard InChI is InChI=1S/C20H20ClN5O2S/c1-26(2)20(28)22-16(11-13-7-4-3-5-8-13)17(27)23-19-25-24-18(29-19)14-9-6-10-15(21)12-14/h3-10,12,16H,11H2,1-2H3,(H,22,28)(H,23,25,27). The minimum Gasteiger partial charge on any atom is -0.331 e. The quantitative estimate of drug-likeness (QED) is 0.625. The third kappa shape index (κ3) is 5.75. The predicted molar refractivity (Wildman–Crippen MR) is 115 cm³/mol. The summed E-state index contributed by atoms with van der Waals surface area (Å²) in [7, 11) is 3.24. The molecule has 0 aliphatic rings. The Morgan fingerprint density at radius 2 is 1.86 bits per heavy atom. The highest BCUT2D eigenvalue weighted by Crippen LogP contribution is 2.28. The second-order valence-electron chi connectivity index (χ2n) is 6.50. The second kappa shape index (κ2) is 9.49. The van der Waals surface area contributed by atoms with Gasteiger partial charge in [-0.2, -0.15) is 0 Å². The van der Waals surface area contributed by atoms with Gasteiger partial charge in [-0.15, -0.1) is 10.2 Å². The summed E-state index contributed by atoms with van der Waals surface area (Å²) in [6.45, 7) is 0. The zero-order chi connectivity index (χ0) is 20.8. The van der Waals surface area contributed by atoms with Gasteiger partial charge in [-0.1, -0.05) is 65.4 Å². The third-order valence-corrected chi connectivity index (χ3v) is 5.15. The maximum Gasteiger partial charge on any atom is 0.317 e. The molecule has 2 aromatic carbocycles. The molecule has 7 nitrogen and oxygen atoms in total. The zero-order valence-electron chi connectivity index (χ0n) is 15.9. The number of nitrogens with one attached hydrogen (secondary N) is 2. The number of halogens is 1. The van der Waals surface area contributed by atoms with Gasteiger partial charge in [0.2, 0.25) is 11.0 Å². The van der Waals surface area contributed by atoms with Crippen molar-refractivity contribution in [3.8, 4) is 10.6 Å². The largest absolute Gasteiger partial charge is 0.331 e. The molecule has 0 fully saturated rings. The number of hydrogen-bond donors (Lipinski definition) is 2. The van der Waals surface area contributed by atoms with Gasteiger partial charge < -0.3 is 10.2 Å². The van der Waals surface area contributed by atoms with Crippen LogP contribution in [0, 0.1) is 0 Å². The van der Waals surface area contributed by atoms with Gasteiger partial charge >= 0.3 is 6.03 Å². The van der Waals surface area contributed by atoms with Crippen LogP contribution < -0.4 is 10.6 Å². The van der Waals surface area contributed by atoms with Crippen LogP contribution in [0.4, 0.5) is 9.93 Å². The fourth-order valence-electron chi connectivity index (χ4n) is 2.54. The Labute approximate surface area is 177 Å². The number of carbonyl (C=O) groups excluding carboxylic acids is 2. The molecule has 0 spiro atoms. The number of nitrogens with zero attached hydrogens (tertiary/aromatic N) is 3. The lowest BCUT2D eigenvalue weighted by molar-refractivity contribution is -0.117. The van der Waals surface area contributed by atoms with E-state index in [-0.39, 0.29) is 11.9 Å². The monoisotopic (exact) mass is 429 g/mol. The van der Waals surface area contributed by atoms with Crippen LogP contribution in [-0.4, -0.2) is 47.2 Å². The highest BCUT2D eigenvalue weighted by atomic mass is 35.5. The number of aromatic nitrogens is 2. The number of benzene rings is 2. The lowest BCUT2D eigenvalue weighted by Crippen LogP contribution is -2.48. The van der Waals surface area contributed by atoms with E-state index >= 15 is 0 Å². The Bertz CT molecular complexity index is 993. The van der Waals surface area contributed by atoms with Crippen LogP contribution in [0.15, 0.2) is 54.6 Å². The van der Waals surface area contributed by atoms with E-state index in [1.165, 1.54) is 16.2 Å². The number of rotatable bonds is 6. The molecule has 29 heavy (non-hydrogen) atoms. The maximum absolute atomic E-state index is 12.8. The van der Waals surface area contributed by atoms with E-state index in [1.54, 1.807) is 26.2 Å². The summed E-state index contributed by atoms with van der Waals surface area (Å²) < 4.78 is 0. The number of amides is 3. The van der Waals surface area contributed by atoms with Crippen LogP contribution >= 0.6 is 22.9 Å². The van der Waals surface area contributed by atoms with Crippen LogP contribution in [0.1, 0.15) is 5.56 Å². The van der Waals surface area contributed by atoms with Crippen molar-refractivity contribution in [1.82, 2.24) is 20.4 Å². The van der Waals surface area contributed by atoms with Crippen molar-refractivity contribution in [2.24, 2.45) is 0 Å². The summed E-state index contributed by atoms with van der Waals surface area (Å²) in [4.78, 5) is 26.3. The summed E-state index contributed by atoms with van der Waals surface area (Å²) in [5, 5.41) is 15.2. The lowest BCUT2D eigenvalue weighted by atomic mass is 10.1. The van der Waals surface area contributed by atoms with Crippen LogP contribution in [-0.2, 0) is 11.2 Å². The van der Waals surface area contributed by atoms with Crippen molar-refractivity contribution in [1.29, 1.82) is 0 Å². The van der Waals surface area contributed by atoms with E-state index in [0.717, 1.165) is 11.1 Å². The van der Waals surface area contributed by atoms with Crippen molar-refractivity contribution in [2.75, 3.05) is 19.4 Å². The summed E-state index contributed by atoms with van der Waals surface area (Å²) in [6, 6.07) is 15.6. The Morgan fingerprint density at radius 3 is 2.55 bits per heavy atom. The fraction of sp³-hybridized carbons (Fsp3) is 0.200. The van der Waals surface area contributed by atoms with E-state index in [4.69, 9.17) is 11.6 Å². The first-order valence-electron chi connectivity index (χ1n) is 8.84. The van der Waals surface area contributed by atoms with E-state index in [0.29, 0.717) is 21.6 Å². The van der Waals surface area contributed by atoms with Gasteiger partial charge in [0.05, 0.1) is 0 Å². The van der Waals surface area contributed by atoms with Crippen LogP contribution in [0.2, 0.25) is 5.02 Å². The molecule has 0 saturated heterocycles. The molecule has 0 aliphatic carbocycles. The molecule has 0 bridgehead atoms. The van der Waals surface area contributed by atoms with Gasteiger partial charge in [-0.25, -0.2) is 4.79 Å². The second-order valence-corrected chi connectivity index (χ2v) is 7.91. The molecule has 1 atom stereocenters. The Hall–Kier alpha value is -2.97. The first-order chi connectivity index (χ1) is 13.9. The van der Waals surface area contributed by atoms with Gasteiger partial charge in [-0.05, 0) is 17.7 Å². The van der Waals surface area contributed by atoms with Gasteiger partial charge in [0.25, 0.3) is 0 Å². The molecule has 2 N–H and O–H groups in total. The third-order valence-electron chi connectivity index (χ3n) is 4.03. The Kier molecular flexibility index (Phi) is 6.79. The molecule has 3 amide bonds. The van der Waals surface area contributed by atoms with Crippen molar-refractivity contribution in [3.05, 3.63) is 65.2 Å². The van der Waals surface area contributed by atoms with Crippen LogP contribution in [0.3, 0.4) is 0 Å². The van der Waals surface area contributed by atoms with Gasteiger partial charge in [-0.3, -0.25) is 10.1 Å². The topological polar surface area (TPSA) is 87.2 Å². The number of carbonyl (C=O) groups is 2. The molecule has 3 aromatic rings. The number of anilines is 1. The fourth-order valence-corrected chi connectivity index (χ4v) is 3.47. The molecule has 1 heterocycles. The molecule has 0 radical (unpaired) electrons. The molecule has 150 valence electrons. The smallest absolute Gasteiger partial charge is 0.317 e. The van der Waals surface area contributed by atoms with Gasteiger partial charge in [0.1, 0.15) is 11.0 Å². The first-order valence-corrected chi connectivity index (χ1v) is 10.0. The van der Waals surface area contributed by atoms with E-state index in [9.17, 15) is 9.59 Å². The molecule has 0 saturated carbocycles. The molecule has 9 heteroatoms. The summed E-state index contributed by atoms with van der Waals surface area (Å²) in [6.07, 6.45) is 0.353. The van der Waals surface area contributed by atoms with E-state index < -0.39 is 6.04 Å². The molecule has 3 rings (SSSR count). The highest BCUT2D eigenvalue weighted by Gasteiger charge is 2.23. The molecular weight excluding hydrogens is 410 g/mol. The summed E-state index contributed by atoms with van der Waals surface area (Å²) in [5.74, 6) is -0.363. The number of hydrogen-bond acceptors (Lipinski definition) is 5. The summed E-state index contributed by atoms with van der Waals surface area (Å²) >= 11 is 7.26. The van der Waals surface area contributed by atoms with Gasteiger partial charge in [0.15, 0.2) is 0 Å². The highest BCUT2D eigenvalue weighted by molar-refractivity contribution is 7.18. The Morgan fingerprint density at radius 1 is 1.10 bits per heavy atom. The van der Waals surface area contributed by atoms with Gasteiger partial charge in [0, 0.05) is 31.1 Å². The SMILES string of the molecule is CN(C)C(=O)NC(Cc1ccccc1)C(=O)Nc1nnc(-c2cccc(Cl)c2)s1. The minimum atomic E-state index is -0.759. The van der Waals surface area contributed by atoms with Crippen LogP contribution in [0.25, 0.3) is 10.6 Å². The lowest BCUT2D eigenvalue weighted by Gasteiger charge is -2.20. The normalized spacial score (nSPS) is 11.6. The molecule has 1 unspecified atom stereocenters.